The maximum Gasteiger partial charge on any atom is 0.252 e. The number of aromatic nitrogens is 4. The molecule has 0 radical (unpaired) electrons. The molecule has 5 nitrogen and oxygen atoms in total. The summed E-state index contributed by atoms with van der Waals surface area (Å²) in [5.41, 5.74) is 1.88. The van der Waals surface area contributed by atoms with E-state index in [1.807, 2.05) is 12.1 Å². The van der Waals surface area contributed by atoms with Crippen LogP contribution in [0, 0.1) is 0 Å². The molecule has 0 saturated heterocycles. The molecule has 1 aromatic carbocycles. The standard InChI is InChI=1S/C15H13ClN4O/c1-15(2)6-9-4-3-5-11(12(9)21-15)13-18-14-17-7-10(16)8-20(14)19-13/h3-5,7-8H,6H2,1-2H3. The van der Waals surface area contributed by atoms with Crippen LogP contribution in [0.5, 0.6) is 5.75 Å². The Morgan fingerprint density at radius 3 is 3.05 bits per heavy atom. The van der Waals surface area contributed by atoms with Crippen LogP contribution < -0.4 is 4.74 Å². The van der Waals surface area contributed by atoms with Crippen molar-refractivity contribution in [2.45, 2.75) is 25.9 Å². The van der Waals surface area contributed by atoms with Gasteiger partial charge >= 0.3 is 0 Å². The Kier molecular flexibility index (Phi) is 2.50. The first-order valence-electron chi connectivity index (χ1n) is 6.71. The molecule has 2 aromatic heterocycles. The summed E-state index contributed by atoms with van der Waals surface area (Å²) in [5.74, 6) is 1.98. The normalized spacial score (nSPS) is 16.0. The lowest BCUT2D eigenvalue weighted by Crippen LogP contribution is -2.24. The van der Waals surface area contributed by atoms with E-state index in [1.165, 1.54) is 5.56 Å². The van der Waals surface area contributed by atoms with Gasteiger partial charge in [0.15, 0.2) is 5.82 Å². The molecule has 0 saturated carbocycles. The lowest BCUT2D eigenvalue weighted by molar-refractivity contribution is 0.139. The minimum atomic E-state index is -0.195. The molecule has 106 valence electrons. The first-order valence-corrected chi connectivity index (χ1v) is 7.09. The summed E-state index contributed by atoms with van der Waals surface area (Å²) in [7, 11) is 0. The van der Waals surface area contributed by atoms with Crippen LogP contribution >= 0.6 is 11.6 Å². The monoisotopic (exact) mass is 300 g/mol. The van der Waals surface area contributed by atoms with E-state index in [4.69, 9.17) is 16.3 Å². The minimum Gasteiger partial charge on any atom is -0.486 e. The predicted octanol–water partition coefficient (Wildman–Crippen LogP) is 3.16. The Morgan fingerprint density at radius 1 is 1.33 bits per heavy atom. The van der Waals surface area contributed by atoms with Crippen molar-refractivity contribution in [3.05, 3.63) is 41.2 Å². The average Bonchev–Trinajstić information content (AvgIpc) is 2.95. The second-order valence-electron chi connectivity index (χ2n) is 5.78. The molecule has 3 heterocycles. The molecule has 0 fully saturated rings. The van der Waals surface area contributed by atoms with Crippen LogP contribution in [-0.2, 0) is 6.42 Å². The number of nitrogens with zero attached hydrogens (tertiary/aromatic N) is 4. The first-order chi connectivity index (χ1) is 10.0. The molecule has 0 amide bonds. The van der Waals surface area contributed by atoms with Crippen molar-refractivity contribution in [3.8, 4) is 17.1 Å². The fourth-order valence-corrected chi connectivity index (χ4v) is 2.81. The van der Waals surface area contributed by atoms with Crippen LogP contribution in [0.1, 0.15) is 19.4 Å². The molecular formula is C15H13ClN4O. The van der Waals surface area contributed by atoms with E-state index >= 15 is 0 Å². The van der Waals surface area contributed by atoms with E-state index in [0.717, 1.165) is 17.7 Å². The summed E-state index contributed by atoms with van der Waals surface area (Å²) in [4.78, 5) is 8.62. The van der Waals surface area contributed by atoms with Gasteiger partial charge in [-0.05, 0) is 25.5 Å². The average molecular weight is 301 g/mol. The topological polar surface area (TPSA) is 52.3 Å². The van der Waals surface area contributed by atoms with Gasteiger partial charge < -0.3 is 4.74 Å². The SMILES string of the molecule is CC1(C)Cc2cccc(-c3nc4ncc(Cl)cn4n3)c2O1. The van der Waals surface area contributed by atoms with Gasteiger partial charge in [0.2, 0.25) is 0 Å². The molecule has 0 atom stereocenters. The largest absolute Gasteiger partial charge is 0.486 e. The number of para-hydroxylation sites is 1. The van der Waals surface area contributed by atoms with Gasteiger partial charge in [0.25, 0.3) is 5.78 Å². The first kappa shape index (κ1) is 12.6. The van der Waals surface area contributed by atoms with Crippen molar-refractivity contribution in [2.24, 2.45) is 0 Å². The molecule has 0 aliphatic carbocycles. The Balaban J connectivity index is 1.89. The van der Waals surface area contributed by atoms with Gasteiger partial charge in [-0.2, -0.15) is 4.98 Å². The van der Waals surface area contributed by atoms with Crippen molar-refractivity contribution >= 4 is 17.4 Å². The number of rotatable bonds is 1. The molecule has 0 N–H and O–H groups in total. The Morgan fingerprint density at radius 2 is 2.19 bits per heavy atom. The zero-order chi connectivity index (χ0) is 14.6. The fourth-order valence-electron chi connectivity index (χ4n) is 2.67. The van der Waals surface area contributed by atoms with Crippen molar-refractivity contribution in [3.63, 3.8) is 0 Å². The third kappa shape index (κ3) is 2.05. The highest BCUT2D eigenvalue weighted by Crippen LogP contribution is 2.41. The number of hydrogen-bond acceptors (Lipinski definition) is 4. The molecule has 3 aromatic rings. The molecule has 1 aliphatic heterocycles. The van der Waals surface area contributed by atoms with Gasteiger partial charge in [-0.25, -0.2) is 9.50 Å². The Labute approximate surface area is 126 Å². The molecule has 0 unspecified atom stereocenters. The van der Waals surface area contributed by atoms with Crippen LogP contribution in [-0.4, -0.2) is 25.2 Å². The highest BCUT2D eigenvalue weighted by molar-refractivity contribution is 6.30. The third-order valence-electron chi connectivity index (χ3n) is 3.49. The van der Waals surface area contributed by atoms with Gasteiger partial charge in [0.05, 0.1) is 23.0 Å². The fraction of sp³-hybridized carbons (Fsp3) is 0.267. The van der Waals surface area contributed by atoms with E-state index in [1.54, 1.807) is 16.9 Å². The maximum atomic E-state index is 6.06. The second kappa shape index (κ2) is 4.18. The number of hydrogen-bond donors (Lipinski definition) is 0. The summed E-state index contributed by atoms with van der Waals surface area (Å²) in [6, 6.07) is 6.06. The highest BCUT2D eigenvalue weighted by atomic mass is 35.5. The van der Waals surface area contributed by atoms with Gasteiger partial charge in [0.1, 0.15) is 11.4 Å². The van der Waals surface area contributed by atoms with Crippen LogP contribution in [0.25, 0.3) is 17.2 Å². The minimum absolute atomic E-state index is 0.195. The van der Waals surface area contributed by atoms with Crippen molar-refractivity contribution in [1.82, 2.24) is 19.6 Å². The van der Waals surface area contributed by atoms with Crippen molar-refractivity contribution in [1.29, 1.82) is 0 Å². The zero-order valence-corrected chi connectivity index (χ0v) is 12.4. The molecule has 0 spiro atoms. The summed E-state index contributed by atoms with van der Waals surface area (Å²) in [5, 5.41) is 4.97. The van der Waals surface area contributed by atoms with Gasteiger partial charge in [0, 0.05) is 6.42 Å². The van der Waals surface area contributed by atoms with Crippen molar-refractivity contribution < 1.29 is 4.74 Å². The van der Waals surface area contributed by atoms with E-state index in [0.29, 0.717) is 16.6 Å². The van der Waals surface area contributed by atoms with Gasteiger partial charge in [-0.1, -0.05) is 23.7 Å². The smallest absolute Gasteiger partial charge is 0.252 e. The quantitative estimate of drug-likeness (QED) is 0.693. The summed E-state index contributed by atoms with van der Waals surface area (Å²) < 4.78 is 7.64. The predicted molar refractivity (Wildman–Crippen MR) is 79.6 cm³/mol. The number of fused-ring (bicyclic) bond motifs is 2. The maximum absolute atomic E-state index is 6.06. The van der Waals surface area contributed by atoms with Crippen LogP contribution in [0.15, 0.2) is 30.6 Å². The Hall–Kier alpha value is -2.14. The second-order valence-corrected chi connectivity index (χ2v) is 6.22. The summed E-state index contributed by atoms with van der Waals surface area (Å²) in [6.07, 6.45) is 4.13. The summed E-state index contributed by atoms with van der Waals surface area (Å²) >= 11 is 5.93. The zero-order valence-electron chi connectivity index (χ0n) is 11.7. The van der Waals surface area contributed by atoms with E-state index < -0.39 is 0 Å². The van der Waals surface area contributed by atoms with Crippen LogP contribution in [0.2, 0.25) is 5.02 Å². The van der Waals surface area contributed by atoms with E-state index in [2.05, 4.69) is 35.0 Å². The summed E-state index contributed by atoms with van der Waals surface area (Å²) in [6.45, 7) is 4.16. The van der Waals surface area contributed by atoms with Crippen molar-refractivity contribution in [2.75, 3.05) is 0 Å². The van der Waals surface area contributed by atoms with Crippen LogP contribution in [0.4, 0.5) is 0 Å². The Bertz CT molecular complexity index is 856. The highest BCUT2D eigenvalue weighted by Gasteiger charge is 2.32. The molecule has 1 aliphatic rings. The molecular weight excluding hydrogens is 288 g/mol. The molecule has 0 bridgehead atoms. The number of ether oxygens (including phenoxy) is 1. The van der Waals surface area contributed by atoms with Gasteiger partial charge in [-0.15, -0.1) is 5.10 Å². The number of halogens is 1. The molecule has 6 heteroatoms. The molecule has 21 heavy (non-hydrogen) atoms. The van der Waals surface area contributed by atoms with E-state index in [9.17, 15) is 0 Å². The van der Waals surface area contributed by atoms with Crippen LogP contribution in [0.3, 0.4) is 0 Å². The molecule has 4 rings (SSSR count). The lowest BCUT2D eigenvalue weighted by Gasteiger charge is -2.17. The number of benzene rings is 1. The lowest BCUT2D eigenvalue weighted by atomic mass is 10.0. The third-order valence-corrected chi connectivity index (χ3v) is 3.69. The van der Waals surface area contributed by atoms with Gasteiger partial charge in [-0.3, -0.25) is 0 Å². The van der Waals surface area contributed by atoms with E-state index in [-0.39, 0.29) is 5.60 Å².